The number of carboxylic acids is 1. The Labute approximate surface area is 115 Å². The Balaban J connectivity index is 2.50. The van der Waals surface area contributed by atoms with Crippen molar-refractivity contribution < 1.29 is 19.6 Å². The molecule has 1 N–H and O–H groups in total. The molecule has 0 radical (unpaired) electrons. The molecule has 1 aromatic carbocycles. The van der Waals surface area contributed by atoms with Gasteiger partial charge in [0.1, 0.15) is 11.7 Å². The summed E-state index contributed by atoms with van der Waals surface area (Å²) in [6.45, 7) is 0.491. The lowest BCUT2D eigenvalue weighted by Gasteiger charge is -2.34. The van der Waals surface area contributed by atoms with Gasteiger partial charge in [0, 0.05) is 6.54 Å². The van der Waals surface area contributed by atoms with E-state index < -0.39 is 16.9 Å². The molecule has 1 saturated heterocycles. The fourth-order valence-corrected chi connectivity index (χ4v) is 2.57. The van der Waals surface area contributed by atoms with Crippen LogP contribution in [0.4, 0.5) is 11.4 Å². The predicted molar refractivity (Wildman–Crippen MR) is 72.3 cm³/mol. The van der Waals surface area contributed by atoms with E-state index in [-0.39, 0.29) is 11.4 Å². The molecule has 1 heterocycles. The Morgan fingerprint density at radius 2 is 2.25 bits per heavy atom. The van der Waals surface area contributed by atoms with E-state index in [9.17, 15) is 20.0 Å². The van der Waals surface area contributed by atoms with Crippen LogP contribution >= 0.6 is 0 Å². The minimum Gasteiger partial charge on any atom is -0.490 e. The van der Waals surface area contributed by atoms with Crippen molar-refractivity contribution in [2.75, 3.05) is 18.6 Å². The van der Waals surface area contributed by atoms with Crippen LogP contribution in [0.1, 0.15) is 19.3 Å². The van der Waals surface area contributed by atoms with Crippen LogP contribution in [-0.4, -0.2) is 35.7 Å². The highest BCUT2D eigenvalue weighted by Crippen LogP contribution is 2.39. The van der Waals surface area contributed by atoms with Crippen molar-refractivity contribution in [2.45, 2.75) is 25.3 Å². The zero-order chi connectivity index (χ0) is 14.7. The van der Waals surface area contributed by atoms with E-state index in [4.69, 9.17) is 4.74 Å². The van der Waals surface area contributed by atoms with Gasteiger partial charge < -0.3 is 14.7 Å². The maximum atomic E-state index is 11.3. The van der Waals surface area contributed by atoms with E-state index in [1.807, 2.05) is 0 Å². The van der Waals surface area contributed by atoms with Crippen molar-refractivity contribution in [1.82, 2.24) is 0 Å². The van der Waals surface area contributed by atoms with Crippen LogP contribution in [0.15, 0.2) is 18.2 Å². The molecule has 1 fully saturated rings. The quantitative estimate of drug-likeness (QED) is 0.670. The Hall–Kier alpha value is -2.31. The molecule has 0 spiro atoms. The second kappa shape index (κ2) is 5.77. The number of para-hydroxylation sites is 1. The van der Waals surface area contributed by atoms with Crippen LogP contribution < -0.4 is 9.64 Å². The van der Waals surface area contributed by atoms with E-state index in [2.05, 4.69) is 0 Å². The SMILES string of the molecule is COc1cccc(N2CCCCC2C(=O)O)c1[N+](=O)[O-]. The molecule has 0 amide bonds. The summed E-state index contributed by atoms with van der Waals surface area (Å²) in [4.78, 5) is 23.7. The zero-order valence-corrected chi connectivity index (χ0v) is 11.1. The number of anilines is 1. The molecule has 20 heavy (non-hydrogen) atoms. The number of benzene rings is 1. The third-order valence-electron chi connectivity index (χ3n) is 3.48. The van der Waals surface area contributed by atoms with Gasteiger partial charge in [-0.05, 0) is 31.4 Å². The number of nitro groups is 1. The van der Waals surface area contributed by atoms with E-state index in [0.717, 1.165) is 12.8 Å². The number of nitro benzene ring substituents is 1. The summed E-state index contributed by atoms with van der Waals surface area (Å²) < 4.78 is 5.02. The van der Waals surface area contributed by atoms with Gasteiger partial charge >= 0.3 is 11.7 Å². The van der Waals surface area contributed by atoms with Crippen molar-refractivity contribution in [3.05, 3.63) is 28.3 Å². The van der Waals surface area contributed by atoms with Crippen molar-refractivity contribution in [3.63, 3.8) is 0 Å². The number of hydrogen-bond donors (Lipinski definition) is 1. The highest BCUT2D eigenvalue weighted by atomic mass is 16.6. The first-order chi connectivity index (χ1) is 9.56. The number of aliphatic carboxylic acids is 1. The number of ether oxygens (including phenoxy) is 1. The lowest BCUT2D eigenvalue weighted by atomic mass is 10.0. The van der Waals surface area contributed by atoms with Crippen LogP contribution in [-0.2, 0) is 4.79 Å². The second-order valence-corrected chi connectivity index (χ2v) is 4.63. The van der Waals surface area contributed by atoms with Crippen molar-refractivity contribution in [2.24, 2.45) is 0 Å². The topological polar surface area (TPSA) is 92.9 Å². The highest BCUT2D eigenvalue weighted by Gasteiger charge is 2.34. The molecule has 0 aromatic heterocycles. The van der Waals surface area contributed by atoms with Gasteiger partial charge in [-0.25, -0.2) is 4.79 Å². The molecule has 1 unspecified atom stereocenters. The first kappa shape index (κ1) is 14.1. The Bertz CT molecular complexity index is 531. The maximum Gasteiger partial charge on any atom is 0.333 e. The summed E-state index contributed by atoms with van der Waals surface area (Å²) in [5.41, 5.74) is 0.129. The van der Waals surface area contributed by atoms with Gasteiger partial charge in [0.2, 0.25) is 0 Å². The minimum absolute atomic E-state index is 0.141. The molecule has 1 aromatic rings. The number of hydrogen-bond acceptors (Lipinski definition) is 5. The summed E-state index contributed by atoms with van der Waals surface area (Å²) in [5, 5.41) is 20.6. The molecule has 1 atom stereocenters. The summed E-state index contributed by atoms with van der Waals surface area (Å²) in [6, 6.07) is 3.98. The smallest absolute Gasteiger partial charge is 0.333 e. The molecule has 2 rings (SSSR count). The standard InChI is InChI=1S/C13H16N2O5/c1-20-11-7-4-6-9(12(11)15(18)19)14-8-3-2-5-10(14)13(16)17/h4,6-7,10H,2-3,5,8H2,1H3,(H,16,17). The van der Waals surface area contributed by atoms with Crippen LogP contribution in [0.3, 0.4) is 0 Å². The Morgan fingerprint density at radius 3 is 2.85 bits per heavy atom. The van der Waals surface area contributed by atoms with Crippen LogP contribution in [0, 0.1) is 10.1 Å². The largest absolute Gasteiger partial charge is 0.490 e. The van der Waals surface area contributed by atoms with Crippen molar-refractivity contribution >= 4 is 17.3 Å². The first-order valence-electron chi connectivity index (χ1n) is 6.37. The van der Waals surface area contributed by atoms with Crippen LogP contribution in [0.5, 0.6) is 5.75 Å². The maximum absolute atomic E-state index is 11.3. The van der Waals surface area contributed by atoms with Crippen molar-refractivity contribution in [1.29, 1.82) is 0 Å². The number of rotatable bonds is 4. The minimum atomic E-state index is -0.957. The van der Waals surface area contributed by atoms with Gasteiger partial charge in [0.15, 0.2) is 5.75 Å². The average Bonchev–Trinajstić information content (AvgIpc) is 2.46. The molecular formula is C13H16N2O5. The van der Waals surface area contributed by atoms with E-state index in [1.165, 1.54) is 13.2 Å². The fourth-order valence-electron chi connectivity index (χ4n) is 2.57. The summed E-state index contributed by atoms with van der Waals surface area (Å²) in [5.74, 6) is -0.816. The Kier molecular flexibility index (Phi) is 4.07. The number of carbonyl (C=O) groups is 1. The van der Waals surface area contributed by atoms with E-state index >= 15 is 0 Å². The third-order valence-corrected chi connectivity index (χ3v) is 3.48. The zero-order valence-electron chi connectivity index (χ0n) is 11.1. The first-order valence-corrected chi connectivity index (χ1v) is 6.37. The number of carboxylic acid groups (broad SMARTS) is 1. The average molecular weight is 280 g/mol. The van der Waals surface area contributed by atoms with E-state index in [0.29, 0.717) is 18.7 Å². The van der Waals surface area contributed by atoms with Gasteiger partial charge in [0.05, 0.1) is 12.0 Å². The van der Waals surface area contributed by atoms with Gasteiger partial charge in [-0.2, -0.15) is 0 Å². The predicted octanol–water partition coefficient (Wildman–Crippen LogP) is 2.05. The number of nitrogens with zero attached hydrogens (tertiary/aromatic N) is 2. The normalized spacial score (nSPS) is 18.6. The molecule has 7 nitrogen and oxygen atoms in total. The molecule has 108 valence electrons. The van der Waals surface area contributed by atoms with Gasteiger partial charge in [-0.1, -0.05) is 6.07 Å². The highest BCUT2D eigenvalue weighted by molar-refractivity contribution is 5.81. The molecule has 0 bridgehead atoms. The molecule has 7 heteroatoms. The monoisotopic (exact) mass is 280 g/mol. The molecule has 0 saturated carbocycles. The number of piperidine rings is 1. The van der Waals surface area contributed by atoms with Crippen LogP contribution in [0.25, 0.3) is 0 Å². The lowest BCUT2D eigenvalue weighted by Crippen LogP contribution is -2.45. The van der Waals surface area contributed by atoms with Crippen LogP contribution in [0.2, 0.25) is 0 Å². The Morgan fingerprint density at radius 1 is 1.50 bits per heavy atom. The molecule has 1 aliphatic heterocycles. The van der Waals surface area contributed by atoms with Gasteiger partial charge in [-0.3, -0.25) is 10.1 Å². The summed E-state index contributed by atoms with van der Waals surface area (Å²) >= 11 is 0. The second-order valence-electron chi connectivity index (χ2n) is 4.63. The van der Waals surface area contributed by atoms with Gasteiger partial charge in [0.25, 0.3) is 0 Å². The summed E-state index contributed by atoms with van der Waals surface area (Å²) in [7, 11) is 1.36. The lowest BCUT2D eigenvalue weighted by molar-refractivity contribution is -0.385. The molecule has 0 aliphatic carbocycles. The summed E-state index contributed by atoms with van der Waals surface area (Å²) in [6.07, 6.45) is 2.12. The van der Waals surface area contributed by atoms with Crippen molar-refractivity contribution in [3.8, 4) is 5.75 Å². The fraction of sp³-hybridized carbons (Fsp3) is 0.462. The van der Waals surface area contributed by atoms with E-state index in [1.54, 1.807) is 17.0 Å². The molecular weight excluding hydrogens is 264 g/mol. The third kappa shape index (κ3) is 2.52. The number of methoxy groups -OCH3 is 1. The molecule has 1 aliphatic rings. The van der Waals surface area contributed by atoms with Gasteiger partial charge in [-0.15, -0.1) is 0 Å².